The van der Waals surface area contributed by atoms with Gasteiger partial charge in [0.25, 0.3) is 0 Å². The molecule has 20 heavy (non-hydrogen) atoms. The van der Waals surface area contributed by atoms with Crippen LogP contribution in [0.2, 0.25) is 0 Å². The van der Waals surface area contributed by atoms with Crippen LogP contribution in [-0.2, 0) is 11.2 Å². The van der Waals surface area contributed by atoms with E-state index >= 15 is 0 Å². The number of nitrogens with zero attached hydrogens (tertiary/aromatic N) is 1. The fourth-order valence-corrected chi connectivity index (χ4v) is 3.31. The Balaban J connectivity index is 2.20. The molecule has 0 saturated heterocycles. The summed E-state index contributed by atoms with van der Waals surface area (Å²) < 4.78 is 0. The summed E-state index contributed by atoms with van der Waals surface area (Å²) >= 11 is 3.46. The van der Waals surface area contributed by atoms with Crippen LogP contribution in [0.1, 0.15) is 50.2 Å². The largest absolute Gasteiger partial charge is 0.340 e. The number of fused-ring (bicyclic) bond motifs is 1. The van der Waals surface area contributed by atoms with Gasteiger partial charge < -0.3 is 4.90 Å². The van der Waals surface area contributed by atoms with Gasteiger partial charge in [-0.1, -0.05) is 40.2 Å². The van der Waals surface area contributed by atoms with Crippen LogP contribution in [0.3, 0.4) is 0 Å². The van der Waals surface area contributed by atoms with E-state index in [1.807, 2.05) is 4.90 Å². The van der Waals surface area contributed by atoms with Crippen molar-refractivity contribution in [3.63, 3.8) is 0 Å². The van der Waals surface area contributed by atoms with Gasteiger partial charge in [-0.2, -0.15) is 0 Å². The average molecular weight is 338 g/mol. The summed E-state index contributed by atoms with van der Waals surface area (Å²) in [6, 6.07) is 8.72. The molecule has 1 aromatic rings. The molecule has 0 aliphatic heterocycles. The first-order valence-electron chi connectivity index (χ1n) is 7.59. The van der Waals surface area contributed by atoms with Crippen molar-refractivity contribution < 1.29 is 4.79 Å². The average Bonchev–Trinajstić information content (AvgIpc) is 2.46. The number of carbonyl (C=O) groups is 1. The van der Waals surface area contributed by atoms with Crippen molar-refractivity contribution in [1.29, 1.82) is 0 Å². The minimum atomic E-state index is 0.0673. The second kappa shape index (κ2) is 7.26. The predicted molar refractivity (Wildman–Crippen MR) is 87.4 cm³/mol. The Bertz CT molecular complexity index is 458. The molecular weight excluding hydrogens is 314 g/mol. The van der Waals surface area contributed by atoms with Crippen LogP contribution >= 0.6 is 15.9 Å². The van der Waals surface area contributed by atoms with Gasteiger partial charge in [-0.15, -0.1) is 0 Å². The van der Waals surface area contributed by atoms with Crippen molar-refractivity contribution in [3.05, 3.63) is 35.4 Å². The van der Waals surface area contributed by atoms with E-state index in [0.717, 1.165) is 37.6 Å². The molecule has 0 N–H and O–H groups in total. The first-order valence-corrected chi connectivity index (χ1v) is 8.71. The topological polar surface area (TPSA) is 20.3 Å². The summed E-state index contributed by atoms with van der Waals surface area (Å²) in [6.07, 6.45) is 4.24. The van der Waals surface area contributed by atoms with Gasteiger partial charge in [0.1, 0.15) is 0 Å². The van der Waals surface area contributed by atoms with Gasteiger partial charge in [0.05, 0.1) is 5.92 Å². The Morgan fingerprint density at radius 2 is 2.15 bits per heavy atom. The highest BCUT2D eigenvalue weighted by Crippen LogP contribution is 2.33. The summed E-state index contributed by atoms with van der Waals surface area (Å²) in [5, 5.41) is 0.949. The molecule has 0 spiro atoms. The van der Waals surface area contributed by atoms with Crippen LogP contribution in [0.15, 0.2) is 24.3 Å². The van der Waals surface area contributed by atoms with Crippen molar-refractivity contribution >= 4 is 21.8 Å². The second-order valence-corrected chi connectivity index (χ2v) is 6.60. The maximum Gasteiger partial charge on any atom is 0.230 e. The van der Waals surface area contributed by atoms with Gasteiger partial charge in [-0.3, -0.25) is 4.79 Å². The number of aryl methyl sites for hydroxylation is 1. The SMILES string of the molecule is CC(C)N(CCCBr)C(=O)C1CCCc2ccccc21. The van der Waals surface area contributed by atoms with Crippen LogP contribution < -0.4 is 0 Å². The molecule has 3 heteroatoms. The lowest BCUT2D eigenvalue weighted by Crippen LogP contribution is -2.41. The maximum atomic E-state index is 12.9. The number of rotatable bonds is 5. The molecule has 1 aliphatic carbocycles. The molecule has 2 nitrogen and oxygen atoms in total. The molecule has 1 unspecified atom stereocenters. The Labute approximate surface area is 130 Å². The molecule has 0 aromatic heterocycles. The van der Waals surface area contributed by atoms with Crippen LogP contribution in [0, 0.1) is 0 Å². The fourth-order valence-electron chi connectivity index (χ4n) is 3.06. The van der Waals surface area contributed by atoms with Gasteiger partial charge in [0.15, 0.2) is 0 Å². The minimum absolute atomic E-state index is 0.0673. The van der Waals surface area contributed by atoms with E-state index in [-0.39, 0.29) is 12.0 Å². The highest BCUT2D eigenvalue weighted by molar-refractivity contribution is 9.09. The molecule has 1 amide bonds. The predicted octanol–water partition coefficient (Wildman–Crippen LogP) is 4.13. The van der Waals surface area contributed by atoms with E-state index in [1.165, 1.54) is 11.1 Å². The second-order valence-electron chi connectivity index (χ2n) is 5.81. The third kappa shape index (κ3) is 3.43. The molecule has 0 fully saturated rings. The minimum Gasteiger partial charge on any atom is -0.340 e. The highest BCUT2D eigenvalue weighted by Gasteiger charge is 2.30. The maximum absolute atomic E-state index is 12.9. The lowest BCUT2D eigenvalue weighted by molar-refractivity contribution is -0.134. The molecule has 1 aliphatic rings. The molecule has 110 valence electrons. The Morgan fingerprint density at radius 1 is 1.40 bits per heavy atom. The molecular formula is C17H24BrNO. The van der Waals surface area contributed by atoms with E-state index in [4.69, 9.17) is 0 Å². The monoisotopic (exact) mass is 337 g/mol. The fraction of sp³-hybridized carbons (Fsp3) is 0.588. The normalized spacial score (nSPS) is 17.9. The number of benzene rings is 1. The lowest BCUT2D eigenvalue weighted by Gasteiger charge is -2.33. The Kier molecular flexibility index (Phi) is 5.64. The van der Waals surface area contributed by atoms with Gasteiger partial charge in [0.2, 0.25) is 5.91 Å². The van der Waals surface area contributed by atoms with E-state index < -0.39 is 0 Å². The Morgan fingerprint density at radius 3 is 2.85 bits per heavy atom. The number of halogens is 1. The van der Waals surface area contributed by atoms with Crippen molar-refractivity contribution in [2.24, 2.45) is 0 Å². The molecule has 0 heterocycles. The summed E-state index contributed by atoms with van der Waals surface area (Å²) in [4.78, 5) is 15.0. The van der Waals surface area contributed by atoms with Crippen LogP contribution in [-0.4, -0.2) is 28.7 Å². The molecule has 0 radical (unpaired) electrons. The number of hydrogen-bond acceptors (Lipinski definition) is 1. The van der Waals surface area contributed by atoms with Crippen LogP contribution in [0.5, 0.6) is 0 Å². The quantitative estimate of drug-likeness (QED) is 0.740. The van der Waals surface area contributed by atoms with Crippen molar-refractivity contribution in [2.45, 2.75) is 51.5 Å². The van der Waals surface area contributed by atoms with Crippen molar-refractivity contribution in [2.75, 3.05) is 11.9 Å². The molecule has 0 bridgehead atoms. The summed E-state index contributed by atoms with van der Waals surface area (Å²) in [6.45, 7) is 5.07. The van der Waals surface area contributed by atoms with Gasteiger partial charge in [-0.25, -0.2) is 0 Å². The highest BCUT2D eigenvalue weighted by atomic mass is 79.9. The number of amides is 1. The first-order chi connectivity index (χ1) is 9.65. The third-order valence-corrected chi connectivity index (χ3v) is 4.67. The third-order valence-electron chi connectivity index (χ3n) is 4.11. The van der Waals surface area contributed by atoms with E-state index in [1.54, 1.807) is 0 Å². The van der Waals surface area contributed by atoms with E-state index in [2.05, 4.69) is 54.0 Å². The zero-order chi connectivity index (χ0) is 14.5. The molecule has 2 rings (SSSR count). The van der Waals surface area contributed by atoms with Gasteiger partial charge in [0, 0.05) is 17.9 Å². The summed E-state index contributed by atoms with van der Waals surface area (Å²) in [5.74, 6) is 0.380. The Hall–Kier alpha value is -0.830. The van der Waals surface area contributed by atoms with Crippen LogP contribution in [0.25, 0.3) is 0 Å². The zero-order valence-corrected chi connectivity index (χ0v) is 14.0. The lowest BCUT2D eigenvalue weighted by atomic mass is 9.82. The molecule has 0 saturated carbocycles. The van der Waals surface area contributed by atoms with Gasteiger partial charge in [-0.05, 0) is 50.7 Å². The standard InChI is InChI=1S/C17H24BrNO/c1-13(2)19(12-6-11-18)17(20)16-10-5-8-14-7-3-4-9-15(14)16/h3-4,7,9,13,16H,5-6,8,10-12H2,1-2H3. The summed E-state index contributed by atoms with van der Waals surface area (Å²) in [5.41, 5.74) is 2.62. The van der Waals surface area contributed by atoms with Crippen LogP contribution in [0.4, 0.5) is 0 Å². The number of alkyl halides is 1. The van der Waals surface area contributed by atoms with E-state index in [9.17, 15) is 4.79 Å². The number of carbonyl (C=O) groups excluding carboxylic acids is 1. The van der Waals surface area contributed by atoms with Crippen molar-refractivity contribution in [1.82, 2.24) is 4.90 Å². The number of hydrogen-bond donors (Lipinski definition) is 0. The van der Waals surface area contributed by atoms with Gasteiger partial charge >= 0.3 is 0 Å². The summed E-state index contributed by atoms with van der Waals surface area (Å²) in [7, 11) is 0. The zero-order valence-electron chi connectivity index (χ0n) is 12.4. The van der Waals surface area contributed by atoms with Crippen molar-refractivity contribution in [3.8, 4) is 0 Å². The molecule has 1 atom stereocenters. The molecule has 1 aromatic carbocycles. The smallest absolute Gasteiger partial charge is 0.230 e. The first kappa shape index (κ1) is 15.6. The van der Waals surface area contributed by atoms with E-state index in [0.29, 0.717) is 5.91 Å².